The van der Waals surface area contributed by atoms with Crippen molar-refractivity contribution in [2.45, 2.75) is 6.42 Å². The molecule has 0 saturated carbocycles. The summed E-state index contributed by atoms with van der Waals surface area (Å²) in [4.78, 5) is 32.1. The van der Waals surface area contributed by atoms with Gasteiger partial charge in [-0.05, 0) is 42.3 Å². The van der Waals surface area contributed by atoms with Crippen LogP contribution in [0.15, 0.2) is 47.4 Å². The second-order valence-corrected chi connectivity index (χ2v) is 9.01. The summed E-state index contributed by atoms with van der Waals surface area (Å²) in [6, 6.07) is 10.1. The molecule has 0 bridgehead atoms. The minimum atomic E-state index is -0.479. The molecule has 0 fully saturated rings. The van der Waals surface area contributed by atoms with Crippen LogP contribution in [0.3, 0.4) is 0 Å². The summed E-state index contributed by atoms with van der Waals surface area (Å²) in [5.41, 5.74) is 2.07. The first-order valence-electron chi connectivity index (χ1n) is 10.3. The first-order valence-corrected chi connectivity index (χ1v) is 11.5. The quantitative estimate of drug-likeness (QED) is 0.417. The van der Waals surface area contributed by atoms with Gasteiger partial charge in [0.2, 0.25) is 0 Å². The van der Waals surface area contributed by atoms with Crippen LogP contribution < -0.4 is 14.8 Å². The number of imidazole rings is 1. The van der Waals surface area contributed by atoms with Crippen molar-refractivity contribution in [2.24, 2.45) is 0 Å². The largest absolute Gasteiger partial charge is 0.503 e. The molecule has 4 aromatic rings. The summed E-state index contributed by atoms with van der Waals surface area (Å²) in [5.74, 6) is -0.163. The minimum Gasteiger partial charge on any atom is -0.503 e. The van der Waals surface area contributed by atoms with Crippen LogP contribution >= 0.6 is 22.9 Å². The Morgan fingerprint density at radius 2 is 2.15 bits per heavy atom. The second kappa shape index (κ2) is 9.82. The van der Waals surface area contributed by atoms with Gasteiger partial charge in [-0.3, -0.25) is 18.4 Å². The fraction of sp³-hybridized carbons (Fsp3) is 0.208. The van der Waals surface area contributed by atoms with Gasteiger partial charge in [-0.2, -0.15) is 0 Å². The third-order valence-corrected chi connectivity index (χ3v) is 6.52. The van der Waals surface area contributed by atoms with E-state index in [2.05, 4.69) is 4.98 Å². The Labute approximate surface area is 203 Å². The first kappa shape index (κ1) is 23.7. The molecule has 0 aliphatic heterocycles. The summed E-state index contributed by atoms with van der Waals surface area (Å²) < 4.78 is 19.4. The normalized spacial score (nSPS) is 11.8. The number of alkyl halides is 1. The van der Waals surface area contributed by atoms with Gasteiger partial charge in [0.25, 0.3) is 11.5 Å². The smallest absolute Gasteiger partial charge is 0.274 e. The number of carbonyl (C=O) groups excluding carboxylic acids is 1. The van der Waals surface area contributed by atoms with Crippen molar-refractivity contribution in [1.29, 1.82) is 0 Å². The van der Waals surface area contributed by atoms with E-state index in [1.54, 1.807) is 49.7 Å². The number of halogens is 2. The Balaban J connectivity index is 1.67. The van der Waals surface area contributed by atoms with E-state index in [9.17, 15) is 19.1 Å². The number of hydrogen-bond donors (Lipinski definition) is 1. The van der Waals surface area contributed by atoms with Gasteiger partial charge in [0, 0.05) is 30.9 Å². The molecule has 1 N–H and O–H groups in total. The van der Waals surface area contributed by atoms with E-state index in [4.69, 9.17) is 16.3 Å². The average molecular weight is 502 g/mol. The topological polar surface area (TPSA) is 84.1 Å². The molecule has 0 spiro atoms. The number of ether oxygens (including phenoxy) is 1. The highest BCUT2D eigenvalue weighted by Gasteiger charge is 2.15. The number of nitrogens with zero attached hydrogens (tertiary/aromatic N) is 3. The summed E-state index contributed by atoms with van der Waals surface area (Å²) in [6.45, 7) is -0.149. The van der Waals surface area contributed by atoms with Gasteiger partial charge in [-0.1, -0.05) is 35.1 Å². The van der Waals surface area contributed by atoms with E-state index >= 15 is 0 Å². The molecule has 2 aromatic carbocycles. The molecular formula is C24H21ClFN3O4S. The van der Waals surface area contributed by atoms with Crippen molar-refractivity contribution < 1.29 is 19.0 Å². The van der Waals surface area contributed by atoms with Crippen molar-refractivity contribution in [1.82, 2.24) is 14.3 Å². The molecule has 176 valence electrons. The van der Waals surface area contributed by atoms with Gasteiger partial charge in [0.1, 0.15) is 0 Å². The maximum atomic E-state index is 12.9. The summed E-state index contributed by atoms with van der Waals surface area (Å²) in [5, 5.41) is 10.0. The zero-order chi connectivity index (χ0) is 24.4. The monoisotopic (exact) mass is 501 g/mol. The Bertz CT molecular complexity index is 1480. The number of rotatable bonds is 7. The molecule has 1 amide bonds. The number of amides is 1. The molecule has 0 radical (unpaired) electrons. The fourth-order valence-corrected chi connectivity index (χ4v) is 4.66. The van der Waals surface area contributed by atoms with Gasteiger partial charge in [-0.25, -0.2) is 4.98 Å². The molecule has 0 unspecified atom stereocenters. The van der Waals surface area contributed by atoms with Crippen LogP contribution in [0.25, 0.3) is 22.3 Å². The maximum Gasteiger partial charge on any atom is 0.274 e. The Morgan fingerprint density at radius 1 is 1.35 bits per heavy atom. The lowest BCUT2D eigenvalue weighted by Crippen LogP contribution is -2.28. The predicted octanol–water partition coefficient (Wildman–Crippen LogP) is 3.77. The third-order valence-electron chi connectivity index (χ3n) is 5.25. The molecule has 10 heteroatoms. The van der Waals surface area contributed by atoms with Gasteiger partial charge in [0.05, 0.1) is 29.0 Å². The molecule has 34 heavy (non-hydrogen) atoms. The van der Waals surface area contributed by atoms with E-state index < -0.39 is 6.67 Å². The SMILES string of the molecule is COc1cc(/C=c2\sc3nc(-c4cccc(C(=O)N(C)CCCF)c4)cn3c2=O)cc(Cl)c1O. The van der Waals surface area contributed by atoms with Crippen LogP contribution in [-0.2, 0) is 0 Å². The highest BCUT2D eigenvalue weighted by atomic mass is 35.5. The van der Waals surface area contributed by atoms with E-state index in [0.717, 1.165) is 0 Å². The zero-order valence-electron chi connectivity index (χ0n) is 18.4. The van der Waals surface area contributed by atoms with Crippen molar-refractivity contribution in [3.63, 3.8) is 0 Å². The number of phenols is 1. The molecule has 0 atom stereocenters. The van der Waals surface area contributed by atoms with Gasteiger partial charge in [-0.15, -0.1) is 0 Å². The van der Waals surface area contributed by atoms with E-state index in [0.29, 0.717) is 38.4 Å². The van der Waals surface area contributed by atoms with Gasteiger partial charge in [0.15, 0.2) is 16.5 Å². The van der Waals surface area contributed by atoms with E-state index in [1.165, 1.54) is 27.7 Å². The van der Waals surface area contributed by atoms with Crippen LogP contribution in [0.1, 0.15) is 22.3 Å². The summed E-state index contributed by atoms with van der Waals surface area (Å²) in [7, 11) is 3.05. The number of fused-ring (bicyclic) bond motifs is 1. The van der Waals surface area contributed by atoms with Crippen molar-refractivity contribution in [3.05, 3.63) is 73.6 Å². The van der Waals surface area contributed by atoms with E-state index in [-0.39, 0.29) is 34.4 Å². The molecular weight excluding hydrogens is 481 g/mol. The number of phenolic OH excluding ortho intramolecular Hbond substituents is 1. The fourth-order valence-electron chi connectivity index (χ4n) is 3.49. The average Bonchev–Trinajstić information content (AvgIpc) is 3.38. The number of carbonyl (C=O) groups is 1. The molecule has 0 aliphatic rings. The Kier molecular flexibility index (Phi) is 6.85. The van der Waals surface area contributed by atoms with Crippen LogP contribution in [0, 0.1) is 0 Å². The van der Waals surface area contributed by atoms with Crippen LogP contribution in [-0.4, -0.2) is 52.7 Å². The highest BCUT2D eigenvalue weighted by molar-refractivity contribution is 7.15. The summed E-state index contributed by atoms with van der Waals surface area (Å²) in [6.07, 6.45) is 3.57. The zero-order valence-corrected chi connectivity index (χ0v) is 20.0. The lowest BCUT2D eigenvalue weighted by atomic mass is 10.1. The summed E-state index contributed by atoms with van der Waals surface area (Å²) >= 11 is 7.25. The predicted molar refractivity (Wildman–Crippen MR) is 131 cm³/mol. The molecule has 0 aliphatic carbocycles. The third kappa shape index (κ3) is 4.62. The molecule has 2 aromatic heterocycles. The van der Waals surface area contributed by atoms with Crippen molar-refractivity contribution in [3.8, 4) is 22.8 Å². The number of thiazole rings is 1. The highest BCUT2D eigenvalue weighted by Crippen LogP contribution is 2.35. The molecule has 7 nitrogen and oxygen atoms in total. The van der Waals surface area contributed by atoms with E-state index in [1.807, 2.05) is 6.07 Å². The molecule has 0 saturated heterocycles. The maximum absolute atomic E-state index is 12.9. The number of methoxy groups -OCH3 is 1. The number of aromatic hydroxyl groups is 1. The Morgan fingerprint density at radius 3 is 2.85 bits per heavy atom. The van der Waals surface area contributed by atoms with Crippen molar-refractivity contribution in [2.75, 3.05) is 27.4 Å². The second-order valence-electron chi connectivity index (χ2n) is 7.60. The lowest BCUT2D eigenvalue weighted by Gasteiger charge is -2.16. The van der Waals surface area contributed by atoms with Crippen LogP contribution in [0.5, 0.6) is 11.5 Å². The van der Waals surface area contributed by atoms with Gasteiger partial charge < -0.3 is 14.7 Å². The minimum absolute atomic E-state index is 0.117. The number of hydrogen-bond acceptors (Lipinski definition) is 6. The lowest BCUT2D eigenvalue weighted by molar-refractivity contribution is 0.0791. The van der Waals surface area contributed by atoms with Crippen LogP contribution in [0.2, 0.25) is 5.02 Å². The van der Waals surface area contributed by atoms with Crippen LogP contribution in [0.4, 0.5) is 4.39 Å². The van der Waals surface area contributed by atoms with Crippen molar-refractivity contribution >= 4 is 39.9 Å². The Hall–Kier alpha value is -3.43. The molecule has 2 heterocycles. The molecule has 4 rings (SSSR count). The number of benzene rings is 2. The van der Waals surface area contributed by atoms with Gasteiger partial charge >= 0.3 is 0 Å². The standard InChI is InChI=1S/C24H21ClFN3O4S/c1-28(8-4-7-26)22(31)16-6-3-5-15(12-16)18-13-29-23(32)20(34-24(29)27-18)11-14-9-17(25)21(30)19(10-14)33-2/h3,5-6,9-13,30H,4,7-8H2,1-2H3/b20-11-. The first-order chi connectivity index (χ1) is 16.3. The number of aromatic nitrogens is 2.